The summed E-state index contributed by atoms with van der Waals surface area (Å²) >= 11 is 0. The molecule has 6 nitrogen and oxygen atoms in total. The van der Waals surface area contributed by atoms with Gasteiger partial charge in [0.15, 0.2) is 0 Å². The number of hydrogen-bond acceptors (Lipinski definition) is 4. The third-order valence-electron chi connectivity index (χ3n) is 4.30. The molecule has 1 saturated carbocycles. The van der Waals surface area contributed by atoms with Gasteiger partial charge >= 0.3 is 6.03 Å². The van der Waals surface area contributed by atoms with Gasteiger partial charge in [-0.25, -0.2) is 4.79 Å². The monoisotopic (exact) mass is 283 g/mol. The standard InChI is InChI=1S/C14H25N3O3/c1-10(18)11-6-7-17(8-11)9-13(19)16-14(20)15-12-4-2-3-5-12/h10-12,18H,2-9H2,1H3,(H2,15,16,19,20). The predicted molar refractivity (Wildman–Crippen MR) is 75.2 cm³/mol. The van der Waals surface area contributed by atoms with Crippen LogP contribution >= 0.6 is 0 Å². The number of carbonyl (C=O) groups is 2. The van der Waals surface area contributed by atoms with E-state index in [-0.39, 0.29) is 36.5 Å². The van der Waals surface area contributed by atoms with Crippen molar-refractivity contribution in [3.63, 3.8) is 0 Å². The Morgan fingerprint density at radius 3 is 2.60 bits per heavy atom. The van der Waals surface area contributed by atoms with Gasteiger partial charge in [0.25, 0.3) is 0 Å². The Morgan fingerprint density at radius 2 is 2.00 bits per heavy atom. The minimum absolute atomic E-state index is 0.217. The highest BCUT2D eigenvalue weighted by atomic mass is 16.3. The smallest absolute Gasteiger partial charge is 0.321 e. The van der Waals surface area contributed by atoms with E-state index in [1.54, 1.807) is 6.92 Å². The van der Waals surface area contributed by atoms with E-state index in [1.165, 1.54) is 0 Å². The molecule has 2 aliphatic rings. The van der Waals surface area contributed by atoms with Crippen molar-refractivity contribution < 1.29 is 14.7 Å². The molecule has 1 heterocycles. The molecule has 0 radical (unpaired) electrons. The molecule has 6 heteroatoms. The zero-order valence-corrected chi connectivity index (χ0v) is 12.1. The maximum absolute atomic E-state index is 11.8. The Labute approximate surface area is 119 Å². The van der Waals surface area contributed by atoms with Crippen molar-refractivity contribution in [2.45, 2.75) is 51.2 Å². The average molecular weight is 283 g/mol. The number of rotatable bonds is 4. The van der Waals surface area contributed by atoms with Crippen molar-refractivity contribution in [2.75, 3.05) is 19.6 Å². The van der Waals surface area contributed by atoms with Gasteiger partial charge in [-0.1, -0.05) is 12.8 Å². The fraction of sp³-hybridized carbons (Fsp3) is 0.857. The second-order valence-corrected chi connectivity index (χ2v) is 6.03. The molecule has 3 amide bonds. The SMILES string of the molecule is CC(O)C1CCN(CC(=O)NC(=O)NC2CCCC2)C1. The van der Waals surface area contributed by atoms with Gasteiger partial charge < -0.3 is 10.4 Å². The number of aliphatic hydroxyl groups excluding tert-OH is 1. The maximum Gasteiger partial charge on any atom is 0.321 e. The molecule has 0 spiro atoms. The van der Waals surface area contributed by atoms with E-state index >= 15 is 0 Å². The molecule has 0 aromatic rings. The van der Waals surface area contributed by atoms with Crippen LogP contribution in [0.2, 0.25) is 0 Å². The van der Waals surface area contributed by atoms with Crippen LogP contribution in [0, 0.1) is 5.92 Å². The fourth-order valence-electron chi connectivity index (χ4n) is 3.06. The van der Waals surface area contributed by atoms with Crippen LogP contribution in [-0.4, -0.2) is 53.7 Å². The van der Waals surface area contributed by atoms with E-state index < -0.39 is 0 Å². The van der Waals surface area contributed by atoms with Gasteiger partial charge in [-0.2, -0.15) is 0 Å². The molecule has 0 aromatic heterocycles. The summed E-state index contributed by atoms with van der Waals surface area (Å²) in [6, 6.07) is -0.164. The highest BCUT2D eigenvalue weighted by Gasteiger charge is 2.27. The number of urea groups is 1. The van der Waals surface area contributed by atoms with E-state index in [0.717, 1.165) is 45.2 Å². The molecule has 114 valence electrons. The lowest BCUT2D eigenvalue weighted by molar-refractivity contribution is -0.121. The molecule has 1 aliphatic carbocycles. The van der Waals surface area contributed by atoms with Crippen molar-refractivity contribution in [3.8, 4) is 0 Å². The van der Waals surface area contributed by atoms with Crippen LogP contribution in [0.5, 0.6) is 0 Å². The summed E-state index contributed by atoms with van der Waals surface area (Å²) in [7, 11) is 0. The number of likely N-dealkylation sites (tertiary alicyclic amines) is 1. The van der Waals surface area contributed by atoms with E-state index in [0.29, 0.717) is 0 Å². The first-order valence-corrected chi connectivity index (χ1v) is 7.55. The summed E-state index contributed by atoms with van der Waals surface area (Å²) < 4.78 is 0. The number of imide groups is 1. The van der Waals surface area contributed by atoms with E-state index in [2.05, 4.69) is 10.6 Å². The van der Waals surface area contributed by atoms with Crippen LogP contribution in [0.25, 0.3) is 0 Å². The Balaban J connectivity index is 1.66. The summed E-state index contributed by atoms with van der Waals surface area (Å²) in [5.74, 6) is -0.0399. The number of hydrogen-bond donors (Lipinski definition) is 3. The van der Waals surface area contributed by atoms with Gasteiger partial charge in [-0.3, -0.25) is 15.0 Å². The molecule has 1 saturated heterocycles. The maximum atomic E-state index is 11.8. The molecule has 3 N–H and O–H groups in total. The Bertz CT molecular complexity index is 354. The van der Waals surface area contributed by atoms with Crippen molar-refractivity contribution >= 4 is 11.9 Å². The largest absolute Gasteiger partial charge is 0.393 e. The molecule has 20 heavy (non-hydrogen) atoms. The minimum atomic E-state index is -0.381. The molecule has 0 bridgehead atoms. The first kappa shape index (κ1) is 15.3. The number of carbonyl (C=O) groups excluding carboxylic acids is 2. The van der Waals surface area contributed by atoms with Crippen molar-refractivity contribution in [3.05, 3.63) is 0 Å². The molecule has 2 fully saturated rings. The summed E-state index contributed by atoms with van der Waals surface area (Å²) in [4.78, 5) is 25.4. The van der Waals surface area contributed by atoms with Crippen LogP contribution in [0.3, 0.4) is 0 Å². The Morgan fingerprint density at radius 1 is 1.30 bits per heavy atom. The minimum Gasteiger partial charge on any atom is -0.393 e. The van der Waals surface area contributed by atoms with Gasteiger partial charge in [0.2, 0.25) is 5.91 Å². The predicted octanol–water partition coefficient (Wildman–Crippen LogP) is 0.458. The van der Waals surface area contributed by atoms with E-state index in [4.69, 9.17) is 0 Å². The van der Waals surface area contributed by atoms with Crippen LogP contribution in [0.1, 0.15) is 39.0 Å². The van der Waals surface area contributed by atoms with Crippen LogP contribution in [0.15, 0.2) is 0 Å². The van der Waals surface area contributed by atoms with Crippen LogP contribution in [-0.2, 0) is 4.79 Å². The fourth-order valence-corrected chi connectivity index (χ4v) is 3.06. The average Bonchev–Trinajstić information content (AvgIpc) is 2.99. The van der Waals surface area contributed by atoms with Gasteiger partial charge in [-0.15, -0.1) is 0 Å². The first-order valence-electron chi connectivity index (χ1n) is 7.55. The second kappa shape index (κ2) is 7.04. The normalized spacial score (nSPS) is 25.6. The van der Waals surface area contributed by atoms with Crippen LogP contribution < -0.4 is 10.6 Å². The van der Waals surface area contributed by atoms with Gasteiger partial charge in [0.1, 0.15) is 0 Å². The summed E-state index contributed by atoms with van der Waals surface area (Å²) in [5, 5.41) is 14.7. The lowest BCUT2D eigenvalue weighted by Gasteiger charge is -2.17. The Hall–Kier alpha value is -1.14. The van der Waals surface area contributed by atoms with Crippen molar-refractivity contribution in [1.29, 1.82) is 0 Å². The number of aliphatic hydroxyl groups is 1. The second-order valence-electron chi connectivity index (χ2n) is 6.03. The van der Waals surface area contributed by atoms with Crippen LogP contribution in [0.4, 0.5) is 4.79 Å². The van der Waals surface area contributed by atoms with Gasteiger partial charge in [-0.05, 0) is 38.6 Å². The highest BCUT2D eigenvalue weighted by molar-refractivity contribution is 5.95. The molecule has 1 aliphatic heterocycles. The summed E-state index contributed by atoms with van der Waals surface area (Å²) in [6.45, 7) is 3.52. The third-order valence-corrected chi connectivity index (χ3v) is 4.30. The van der Waals surface area contributed by atoms with Crippen molar-refractivity contribution in [1.82, 2.24) is 15.5 Å². The highest BCUT2D eigenvalue weighted by Crippen LogP contribution is 2.19. The van der Waals surface area contributed by atoms with E-state index in [1.807, 2.05) is 4.90 Å². The molecular formula is C14H25N3O3. The molecular weight excluding hydrogens is 258 g/mol. The summed E-state index contributed by atoms with van der Waals surface area (Å²) in [6.07, 6.45) is 4.86. The molecule has 0 aromatic carbocycles. The number of nitrogens with zero attached hydrogens (tertiary/aromatic N) is 1. The zero-order chi connectivity index (χ0) is 14.5. The lowest BCUT2D eigenvalue weighted by atomic mass is 10.0. The summed E-state index contributed by atoms with van der Waals surface area (Å²) in [5.41, 5.74) is 0. The number of amides is 3. The topological polar surface area (TPSA) is 81.7 Å². The number of nitrogens with one attached hydrogen (secondary N) is 2. The Kier molecular flexibility index (Phi) is 5.37. The molecule has 2 unspecified atom stereocenters. The third kappa shape index (κ3) is 4.45. The van der Waals surface area contributed by atoms with E-state index in [9.17, 15) is 14.7 Å². The molecule has 2 atom stereocenters. The van der Waals surface area contributed by atoms with Gasteiger partial charge in [0, 0.05) is 12.6 Å². The lowest BCUT2D eigenvalue weighted by Crippen LogP contribution is -2.46. The quantitative estimate of drug-likeness (QED) is 0.700. The molecule has 2 rings (SSSR count). The van der Waals surface area contributed by atoms with Gasteiger partial charge in [0.05, 0.1) is 12.6 Å². The zero-order valence-electron chi connectivity index (χ0n) is 12.1. The van der Waals surface area contributed by atoms with Crippen molar-refractivity contribution in [2.24, 2.45) is 5.92 Å². The first-order chi connectivity index (χ1) is 9.54.